The molecule has 0 aliphatic rings. The van der Waals surface area contributed by atoms with Gasteiger partial charge in [-0.05, 0) is 48.5 Å². The number of hydrogen-bond donors (Lipinski definition) is 2. The number of carboxylic acid groups (broad SMARTS) is 1. The Hall–Kier alpha value is -3.41. The molecule has 3 rings (SSSR count). The molecule has 6 heteroatoms. The fraction of sp³-hybridized carbons (Fsp3) is 0.105. The summed E-state index contributed by atoms with van der Waals surface area (Å²) in [7, 11) is 1.61. The highest BCUT2D eigenvalue weighted by Gasteiger charge is 2.08. The number of anilines is 1. The van der Waals surface area contributed by atoms with E-state index in [9.17, 15) is 4.79 Å². The molecule has 6 nitrogen and oxygen atoms in total. The van der Waals surface area contributed by atoms with Gasteiger partial charge in [-0.25, -0.2) is 4.79 Å². The number of benzene rings is 2. The van der Waals surface area contributed by atoms with Crippen molar-refractivity contribution in [3.8, 4) is 17.2 Å². The lowest BCUT2D eigenvalue weighted by atomic mass is 10.3. The van der Waals surface area contributed by atoms with Gasteiger partial charge < -0.3 is 24.3 Å². The van der Waals surface area contributed by atoms with Crippen molar-refractivity contribution in [1.29, 1.82) is 0 Å². The number of rotatable bonds is 7. The molecule has 0 saturated carbocycles. The van der Waals surface area contributed by atoms with Gasteiger partial charge >= 0.3 is 5.97 Å². The SMILES string of the molecule is COc1cccc(Oc2ccc(NCc3ccc(C(=O)O)o3)cc2)c1. The highest BCUT2D eigenvalue weighted by atomic mass is 16.5. The van der Waals surface area contributed by atoms with Gasteiger partial charge in [0.2, 0.25) is 5.76 Å². The smallest absolute Gasteiger partial charge is 0.371 e. The van der Waals surface area contributed by atoms with Crippen LogP contribution in [0.4, 0.5) is 5.69 Å². The summed E-state index contributed by atoms with van der Waals surface area (Å²) in [6.45, 7) is 0.392. The van der Waals surface area contributed by atoms with Crippen LogP contribution in [-0.2, 0) is 6.54 Å². The second kappa shape index (κ2) is 7.44. The van der Waals surface area contributed by atoms with Gasteiger partial charge in [0.25, 0.3) is 0 Å². The maximum absolute atomic E-state index is 10.8. The van der Waals surface area contributed by atoms with Crippen LogP contribution in [0.2, 0.25) is 0 Å². The Bertz CT molecular complexity index is 854. The van der Waals surface area contributed by atoms with Crippen LogP contribution in [0.25, 0.3) is 0 Å². The number of ether oxygens (including phenoxy) is 2. The molecule has 0 atom stereocenters. The van der Waals surface area contributed by atoms with Gasteiger partial charge in [0.05, 0.1) is 13.7 Å². The maximum atomic E-state index is 10.8. The summed E-state index contributed by atoms with van der Waals surface area (Å²) < 4.78 is 16.1. The lowest BCUT2D eigenvalue weighted by Crippen LogP contribution is -1.98. The third kappa shape index (κ3) is 4.32. The summed E-state index contributed by atoms with van der Waals surface area (Å²) in [6.07, 6.45) is 0. The topological polar surface area (TPSA) is 80.9 Å². The molecule has 1 aromatic heterocycles. The number of methoxy groups -OCH3 is 1. The van der Waals surface area contributed by atoms with E-state index in [0.717, 1.165) is 11.4 Å². The predicted molar refractivity (Wildman–Crippen MR) is 92.5 cm³/mol. The van der Waals surface area contributed by atoms with Gasteiger partial charge in [-0.3, -0.25) is 0 Å². The third-order valence-electron chi connectivity index (χ3n) is 3.47. The zero-order chi connectivity index (χ0) is 17.6. The van der Waals surface area contributed by atoms with Crippen molar-refractivity contribution in [2.45, 2.75) is 6.54 Å². The highest BCUT2D eigenvalue weighted by Crippen LogP contribution is 2.26. The van der Waals surface area contributed by atoms with Gasteiger partial charge in [-0.1, -0.05) is 6.07 Å². The fourth-order valence-electron chi connectivity index (χ4n) is 2.22. The zero-order valence-corrected chi connectivity index (χ0v) is 13.6. The Labute approximate surface area is 144 Å². The van der Waals surface area contributed by atoms with Crippen molar-refractivity contribution < 1.29 is 23.8 Å². The van der Waals surface area contributed by atoms with Crippen LogP contribution in [0.1, 0.15) is 16.3 Å². The molecule has 0 aliphatic carbocycles. The number of carboxylic acids is 1. The normalized spacial score (nSPS) is 10.3. The first-order valence-electron chi connectivity index (χ1n) is 7.62. The summed E-state index contributed by atoms with van der Waals surface area (Å²) in [5, 5.41) is 12.0. The number of furan rings is 1. The second-order valence-corrected chi connectivity index (χ2v) is 5.23. The van der Waals surface area contributed by atoms with Crippen LogP contribution in [0.15, 0.2) is 65.1 Å². The molecule has 1 heterocycles. The van der Waals surface area contributed by atoms with Crippen molar-refractivity contribution >= 4 is 11.7 Å². The van der Waals surface area contributed by atoms with Crippen molar-refractivity contribution in [3.05, 3.63) is 72.2 Å². The third-order valence-corrected chi connectivity index (χ3v) is 3.47. The van der Waals surface area contributed by atoms with Crippen LogP contribution in [0.5, 0.6) is 17.2 Å². The summed E-state index contributed by atoms with van der Waals surface area (Å²) >= 11 is 0. The number of hydrogen-bond acceptors (Lipinski definition) is 5. The Morgan fingerprint density at radius 1 is 1.04 bits per heavy atom. The zero-order valence-electron chi connectivity index (χ0n) is 13.6. The van der Waals surface area contributed by atoms with E-state index < -0.39 is 5.97 Å². The summed E-state index contributed by atoms with van der Waals surface area (Å²) in [5.74, 6) is 1.52. The molecular weight excluding hydrogens is 322 g/mol. The van der Waals surface area contributed by atoms with Gasteiger partial charge in [-0.2, -0.15) is 0 Å². The van der Waals surface area contributed by atoms with Crippen LogP contribution in [-0.4, -0.2) is 18.2 Å². The minimum absolute atomic E-state index is 0.0705. The van der Waals surface area contributed by atoms with Crippen LogP contribution in [0.3, 0.4) is 0 Å². The first kappa shape index (κ1) is 16.4. The van der Waals surface area contributed by atoms with Gasteiger partial charge in [0.1, 0.15) is 23.0 Å². The minimum atomic E-state index is -1.08. The molecule has 128 valence electrons. The van der Waals surface area contributed by atoms with E-state index in [1.807, 2.05) is 48.5 Å². The Morgan fingerprint density at radius 2 is 1.80 bits per heavy atom. The van der Waals surface area contributed by atoms with Crippen molar-refractivity contribution in [2.75, 3.05) is 12.4 Å². The molecule has 2 N–H and O–H groups in total. The van der Waals surface area contributed by atoms with E-state index in [2.05, 4.69) is 5.32 Å². The summed E-state index contributed by atoms with van der Waals surface area (Å²) in [5.41, 5.74) is 0.867. The van der Waals surface area contributed by atoms with Crippen LogP contribution in [0, 0.1) is 0 Å². The molecule has 0 bridgehead atoms. The van der Waals surface area contributed by atoms with E-state index in [-0.39, 0.29) is 5.76 Å². The molecule has 3 aromatic rings. The van der Waals surface area contributed by atoms with E-state index in [4.69, 9.17) is 19.0 Å². The second-order valence-electron chi connectivity index (χ2n) is 5.23. The molecule has 0 unspecified atom stereocenters. The van der Waals surface area contributed by atoms with Crippen molar-refractivity contribution in [1.82, 2.24) is 0 Å². The molecule has 0 amide bonds. The van der Waals surface area contributed by atoms with Crippen molar-refractivity contribution in [3.63, 3.8) is 0 Å². The van der Waals surface area contributed by atoms with E-state index in [0.29, 0.717) is 23.8 Å². The van der Waals surface area contributed by atoms with E-state index in [1.54, 1.807) is 13.2 Å². The number of aromatic carboxylic acids is 1. The molecule has 0 radical (unpaired) electrons. The maximum Gasteiger partial charge on any atom is 0.371 e. The highest BCUT2D eigenvalue weighted by molar-refractivity contribution is 5.84. The Kier molecular flexibility index (Phi) is 4.89. The van der Waals surface area contributed by atoms with Crippen LogP contribution < -0.4 is 14.8 Å². The van der Waals surface area contributed by atoms with Gasteiger partial charge in [0, 0.05) is 11.8 Å². The van der Waals surface area contributed by atoms with Gasteiger partial charge in [0.15, 0.2) is 0 Å². The standard InChI is InChI=1S/C19H17NO5/c1-23-15-3-2-4-16(11-15)24-14-7-5-13(6-8-14)20-12-17-9-10-18(25-17)19(21)22/h2-11,20H,12H2,1H3,(H,21,22). The first-order valence-corrected chi connectivity index (χ1v) is 7.62. The Morgan fingerprint density at radius 3 is 2.48 bits per heavy atom. The minimum Gasteiger partial charge on any atom is -0.497 e. The van der Waals surface area contributed by atoms with Crippen LogP contribution >= 0.6 is 0 Å². The summed E-state index contributed by atoms with van der Waals surface area (Å²) in [4.78, 5) is 10.8. The largest absolute Gasteiger partial charge is 0.497 e. The lowest BCUT2D eigenvalue weighted by molar-refractivity contribution is 0.0660. The van der Waals surface area contributed by atoms with E-state index in [1.165, 1.54) is 6.07 Å². The number of carbonyl (C=O) groups is 1. The molecule has 0 fully saturated rings. The molecule has 0 aliphatic heterocycles. The van der Waals surface area contributed by atoms with E-state index >= 15 is 0 Å². The molecule has 2 aromatic carbocycles. The van der Waals surface area contributed by atoms with Crippen molar-refractivity contribution in [2.24, 2.45) is 0 Å². The lowest BCUT2D eigenvalue weighted by Gasteiger charge is -2.09. The molecule has 0 spiro atoms. The molecule has 0 saturated heterocycles. The average molecular weight is 339 g/mol. The predicted octanol–water partition coefficient (Wildman–Crippen LogP) is 4.39. The molecule has 25 heavy (non-hydrogen) atoms. The average Bonchev–Trinajstić information content (AvgIpc) is 3.11. The van der Waals surface area contributed by atoms with Gasteiger partial charge in [-0.15, -0.1) is 0 Å². The monoisotopic (exact) mass is 339 g/mol. The Balaban J connectivity index is 1.58. The summed E-state index contributed by atoms with van der Waals surface area (Å²) in [6, 6.07) is 17.9. The fourth-order valence-corrected chi connectivity index (χ4v) is 2.22. The number of nitrogens with one attached hydrogen (secondary N) is 1. The first-order chi connectivity index (χ1) is 12.1. The quantitative estimate of drug-likeness (QED) is 0.664. The molecular formula is C19H17NO5.